The first-order chi connectivity index (χ1) is 11.1. The van der Waals surface area contributed by atoms with Gasteiger partial charge in [0.05, 0.1) is 7.11 Å². The number of unbranched alkanes of at least 4 members (excludes halogenated alkanes) is 2. The minimum atomic E-state index is -0.338. The van der Waals surface area contributed by atoms with Crippen LogP contribution in [0.5, 0.6) is 0 Å². The molecule has 0 unspecified atom stereocenters. The molecule has 1 aliphatic carbocycles. The second kappa shape index (κ2) is 7.92. The largest absolute Gasteiger partial charge is 0.469 e. The van der Waals surface area contributed by atoms with Gasteiger partial charge in [0.15, 0.2) is 0 Å². The van der Waals surface area contributed by atoms with Crippen LogP contribution in [0.1, 0.15) is 46.4 Å². The monoisotopic (exact) mass is 335 g/mol. The number of allylic oxidation sites excluding steroid dienone is 2. The van der Waals surface area contributed by atoms with Crippen molar-refractivity contribution in [2.24, 2.45) is 0 Å². The molecule has 5 nitrogen and oxygen atoms in total. The van der Waals surface area contributed by atoms with Crippen LogP contribution >= 0.6 is 11.6 Å². The summed E-state index contributed by atoms with van der Waals surface area (Å²) in [6.45, 7) is 0.508. The first kappa shape index (κ1) is 17.2. The molecule has 1 aliphatic rings. The van der Waals surface area contributed by atoms with Gasteiger partial charge in [0.2, 0.25) is 11.6 Å². The molecule has 0 bridgehead atoms. The number of Topliss-reactive ketones (excluding diaryl/α,β-unsaturated/α-hetero) is 2. The van der Waals surface area contributed by atoms with E-state index in [0.717, 1.165) is 19.3 Å². The van der Waals surface area contributed by atoms with Crippen molar-refractivity contribution >= 4 is 29.1 Å². The summed E-state index contributed by atoms with van der Waals surface area (Å²) in [6, 6.07) is 6.64. The van der Waals surface area contributed by atoms with Crippen molar-refractivity contribution in [1.29, 1.82) is 0 Å². The number of carbonyl (C=O) groups is 3. The molecular formula is C17H18ClNO4. The number of benzene rings is 1. The summed E-state index contributed by atoms with van der Waals surface area (Å²) in [4.78, 5) is 35.6. The molecule has 0 radical (unpaired) electrons. The minimum absolute atomic E-state index is 0.0664. The SMILES string of the molecule is COC(=O)CCCCCNC1=C(Cl)C(=O)c2ccccc2C1=O. The molecule has 122 valence electrons. The van der Waals surface area contributed by atoms with Gasteiger partial charge in [-0.1, -0.05) is 42.3 Å². The Balaban J connectivity index is 1.90. The van der Waals surface area contributed by atoms with Crippen LogP contribution in [0.3, 0.4) is 0 Å². The van der Waals surface area contributed by atoms with Gasteiger partial charge < -0.3 is 10.1 Å². The van der Waals surface area contributed by atoms with E-state index >= 15 is 0 Å². The second-order valence-corrected chi connectivity index (χ2v) is 5.58. The van der Waals surface area contributed by atoms with Crippen molar-refractivity contribution in [2.45, 2.75) is 25.7 Å². The van der Waals surface area contributed by atoms with Crippen molar-refractivity contribution in [2.75, 3.05) is 13.7 Å². The lowest BCUT2D eigenvalue weighted by Crippen LogP contribution is -2.29. The Labute approximate surface area is 139 Å². The number of carbonyl (C=O) groups excluding carboxylic acids is 3. The molecule has 6 heteroatoms. The average molecular weight is 336 g/mol. The lowest BCUT2D eigenvalue weighted by Gasteiger charge is -2.18. The van der Waals surface area contributed by atoms with Gasteiger partial charge in [-0.3, -0.25) is 14.4 Å². The van der Waals surface area contributed by atoms with Crippen molar-refractivity contribution in [3.63, 3.8) is 0 Å². The van der Waals surface area contributed by atoms with Crippen molar-refractivity contribution < 1.29 is 19.1 Å². The molecule has 23 heavy (non-hydrogen) atoms. The standard InChI is InChI=1S/C17H18ClNO4/c1-23-13(20)9-3-2-6-10-19-15-14(18)16(21)11-7-4-5-8-12(11)17(15)22/h4-5,7-8,19H,2-3,6,9-10H2,1H3. The van der Waals surface area contributed by atoms with Crippen LogP contribution in [0.4, 0.5) is 0 Å². The van der Waals surface area contributed by atoms with E-state index in [-0.39, 0.29) is 28.3 Å². The average Bonchev–Trinajstić information content (AvgIpc) is 2.58. The quantitative estimate of drug-likeness (QED) is 0.612. The van der Waals surface area contributed by atoms with Gasteiger partial charge in [0.1, 0.15) is 10.7 Å². The van der Waals surface area contributed by atoms with E-state index in [1.807, 2.05) is 0 Å². The summed E-state index contributed by atoms with van der Waals surface area (Å²) >= 11 is 6.04. The highest BCUT2D eigenvalue weighted by molar-refractivity contribution is 6.49. The lowest BCUT2D eigenvalue weighted by molar-refractivity contribution is -0.140. The number of hydrogen-bond acceptors (Lipinski definition) is 5. The van der Waals surface area contributed by atoms with E-state index < -0.39 is 0 Å². The summed E-state index contributed by atoms with van der Waals surface area (Å²) in [5.74, 6) is -0.830. The van der Waals surface area contributed by atoms with E-state index in [4.69, 9.17) is 11.6 Å². The zero-order valence-corrected chi connectivity index (χ0v) is 13.6. The molecule has 0 aromatic heterocycles. The maximum absolute atomic E-state index is 12.4. The summed E-state index contributed by atoms with van der Waals surface area (Å²) < 4.78 is 4.56. The van der Waals surface area contributed by atoms with Crippen LogP contribution < -0.4 is 5.32 Å². The highest BCUT2D eigenvalue weighted by Crippen LogP contribution is 2.27. The van der Waals surface area contributed by atoms with Crippen LogP contribution in [0, 0.1) is 0 Å². The molecule has 1 N–H and O–H groups in total. The van der Waals surface area contributed by atoms with Gasteiger partial charge in [0.25, 0.3) is 0 Å². The molecule has 0 atom stereocenters. The predicted molar refractivity (Wildman–Crippen MR) is 86.5 cm³/mol. The van der Waals surface area contributed by atoms with Crippen molar-refractivity contribution in [3.05, 3.63) is 46.1 Å². The number of hydrogen-bond donors (Lipinski definition) is 1. The first-order valence-corrected chi connectivity index (χ1v) is 7.83. The Bertz CT molecular complexity index is 666. The lowest BCUT2D eigenvalue weighted by atomic mass is 9.92. The maximum atomic E-state index is 12.4. The molecule has 1 aromatic carbocycles. The summed E-state index contributed by atoms with van der Waals surface area (Å²) in [7, 11) is 1.36. The van der Waals surface area contributed by atoms with Crippen LogP contribution in [0.25, 0.3) is 0 Å². The van der Waals surface area contributed by atoms with E-state index in [0.29, 0.717) is 24.1 Å². The molecule has 0 heterocycles. The zero-order valence-electron chi connectivity index (χ0n) is 12.9. The first-order valence-electron chi connectivity index (χ1n) is 7.45. The van der Waals surface area contributed by atoms with Crippen LogP contribution in [-0.2, 0) is 9.53 Å². The Hall–Kier alpha value is -2.14. The van der Waals surface area contributed by atoms with Gasteiger partial charge in [-0.2, -0.15) is 0 Å². The molecule has 2 rings (SSSR count). The van der Waals surface area contributed by atoms with E-state index in [9.17, 15) is 14.4 Å². The highest BCUT2D eigenvalue weighted by atomic mass is 35.5. The Kier molecular flexibility index (Phi) is 5.93. The molecule has 0 saturated carbocycles. The third-order valence-electron chi connectivity index (χ3n) is 3.65. The number of nitrogens with one attached hydrogen (secondary N) is 1. The normalized spacial score (nSPS) is 13.8. The fourth-order valence-corrected chi connectivity index (χ4v) is 2.64. The van der Waals surface area contributed by atoms with Crippen LogP contribution in [-0.4, -0.2) is 31.2 Å². The van der Waals surface area contributed by atoms with Crippen LogP contribution in [0.2, 0.25) is 0 Å². The van der Waals surface area contributed by atoms with Gasteiger partial charge >= 0.3 is 5.97 Å². The molecule has 0 aliphatic heterocycles. The predicted octanol–water partition coefficient (Wildman–Crippen LogP) is 2.84. The number of fused-ring (bicyclic) bond motifs is 1. The van der Waals surface area contributed by atoms with E-state index in [2.05, 4.69) is 10.1 Å². The Morgan fingerprint density at radius 1 is 1.09 bits per heavy atom. The maximum Gasteiger partial charge on any atom is 0.305 e. The topological polar surface area (TPSA) is 72.5 Å². The summed E-state index contributed by atoms with van der Waals surface area (Å²) in [5.41, 5.74) is 0.865. The number of halogens is 1. The van der Waals surface area contributed by atoms with Crippen LogP contribution in [0.15, 0.2) is 35.0 Å². The summed E-state index contributed by atoms with van der Waals surface area (Å²) in [6.07, 6.45) is 2.67. The number of rotatable bonds is 7. The Morgan fingerprint density at radius 3 is 2.39 bits per heavy atom. The molecular weight excluding hydrogens is 318 g/mol. The fourth-order valence-electron chi connectivity index (χ4n) is 2.39. The minimum Gasteiger partial charge on any atom is -0.469 e. The fraction of sp³-hybridized carbons (Fsp3) is 0.353. The number of ketones is 2. The second-order valence-electron chi connectivity index (χ2n) is 5.21. The van der Waals surface area contributed by atoms with E-state index in [1.165, 1.54) is 7.11 Å². The van der Waals surface area contributed by atoms with E-state index in [1.54, 1.807) is 24.3 Å². The van der Waals surface area contributed by atoms with Crippen molar-refractivity contribution in [3.8, 4) is 0 Å². The van der Waals surface area contributed by atoms with Gasteiger partial charge in [-0.15, -0.1) is 0 Å². The molecule has 1 aromatic rings. The number of esters is 1. The smallest absolute Gasteiger partial charge is 0.305 e. The number of ether oxygens (including phenoxy) is 1. The molecule has 0 saturated heterocycles. The summed E-state index contributed by atoms with van der Waals surface area (Å²) in [5, 5.41) is 2.89. The molecule has 0 amide bonds. The Morgan fingerprint density at radius 2 is 1.74 bits per heavy atom. The van der Waals surface area contributed by atoms with Gasteiger partial charge in [-0.05, 0) is 12.8 Å². The molecule has 0 fully saturated rings. The third kappa shape index (κ3) is 3.99. The highest BCUT2D eigenvalue weighted by Gasteiger charge is 2.30. The van der Waals surface area contributed by atoms with Gasteiger partial charge in [-0.25, -0.2) is 0 Å². The molecule has 0 spiro atoms. The van der Waals surface area contributed by atoms with Crippen molar-refractivity contribution in [1.82, 2.24) is 5.32 Å². The third-order valence-corrected chi connectivity index (χ3v) is 4.01. The van der Waals surface area contributed by atoms with Gasteiger partial charge in [0, 0.05) is 24.1 Å². The number of methoxy groups -OCH3 is 1. The zero-order chi connectivity index (χ0) is 16.8.